The minimum Gasteiger partial charge on any atom is -0.322 e. The highest BCUT2D eigenvalue weighted by molar-refractivity contribution is 7.89. The van der Waals surface area contributed by atoms with Gasteiger partial charge in [0.2, 0.25) is 10.0 Å². The Kier molecular flexibility index (Phi) is 5.58. The van der Waals surface area contributed by atoms with Gasteiger partial charge in [-0.1, -0.05) is 32.0 Å². The summed E-state index contributed by atoms with van der Waals surface area (Å²) in [4.78, 5) is 17.9. The van der Waals surface area contributed by atoms with Gasteiger partial charge in [0.05, 0.1) is 16.0 Å². The lowest BCUT2D eigenvalue weighted by atomic mass is 10.0. The van der Waals surface area contributed by atoms with Crippen molar-refractivity contribution < 1.29 is 13.2 Å². The average molecular weight is 424 g/mol. The van der Waals surface area contributed by atoms with Crippen molar-refractivity contribution >= 4 is 32.5 Å². The molecule has 0 saturated carbocycles. The Bertz CT molecular complexity index is 1180. The van der Waals surface area contributed by atoms with E-state index in [0.717, 1.165) is 29.4 Å². The normalized spacial score (nSPS) is 15.0. The zero-order valence-electron chi connectivity index (χ0n) is 17.1. The van der Waals surface area contributed by atoms with Crippen LogP contribution < -0.4 is 5.32 Å². The highest BCUT2D eigenvalue weighted by Gasteiger charge is 2.27. The smallest absolute Gasteiger partial charge is 0.256 e. The Labute approximate surface area is 177 Å². The topological polar surface area (TPSA) is 79.4 Å². The van der Waals surface area contributed by atoms with Crippen LogP contribution in [0.1, 0.15) is 48.7 Å². The Morgan fingerprint density at radius 2 is 1.70 bits per heavy atom. The number of pyridine rings is 1. The van der Waals surface area contributed by atoms with Crippen LogP contribution in [0, 0.1) is 0 Å². The molecule has 3 aromatic rings. The lowest BCUT2D eigenvalue weighted by Gasteiger charge is -2.16. The number of nitrogens with zero attached hydrogens (tertiary/aromatic N) is 2. The van der Waals surface area contributed by atoms with E-state index in [1.807, 2.05) is 44.2 Å². The Balaban J connectivity index is 1.60. The van der Waals surface area contributed by atoms with Gasteiger partial charge in [-0.15, -0.1) is 0 Å². The molecule has 0 bridgehead atoms. The summed E-state index contributed by atoms with van der Waals surface area (Å²) in [5.74, 6) is -0.0538. The maximum atomic E-state index is 13.0. The molecule has 1 aromatic heterocycles. The van der Waals surface area contributed by atoms with Crippen LogP contribution >= 0.6 is 0 Å². The molecule has 1 aliphatic rings. The number of rotatable bonds is 5. The predicted molar refractivity (Wildman–Crippen MR) is 118 cm³/mol. The molecular formula is C23H25N3O3S. The van der Waals surface area contributed by atoms with Crippen LogP contribution in [0.3, 0.4) is 0 Å². The quantitative estimate of drug-likeness (QED) is 0.660. The number of fused-ring (bicyclic) bond motifs is 1. The van der Waals surface area contributed by atoms with E-state index in [2.05, 4.69) is 10.3 Å². The third-order valence-electron chi connectivity index (χ3n) is 5.39. The van der Waals surface area contributed by atoms with E-state index in [4.69, 9.17) is 0 Å². The van der Waals surface area contributed by atoms with E-state index >= 15 is 0 Å². The Morgan fingerprint density at radius 3 is 2.37 bits per heavy atom. The molecule has 1 N–H and O–H groups in total. The van der Waals surface area contributed by atoms with Gasteiger partial charge >= 0.3 is 0 Å². The molecule has 0 radical (unpaired) electrons. The van der Waals surface area contributed by atoms with Gasteiger partial charge in [-0.05, 0) is 55.2 Å². The van der Waals surface area contributed by atoms with Crippen molar-refractivity contribution in [1.29, 1.82) is 0 Å². The second-order valence-corrected chi connectivity index (χ2v) is 9.79. The van der Waals surface area contributed by atoms with Crippen LogP contribution in [-0.2, 0) is 10.0 Å². The molecule has 0 spiro atoms. The lowest BCUT2D eigenvalue weighted by Crippen LogP contribution is -2.27. The van der Waals surface area contributed by atoms with Crippen molar-refractivity contribution in [3.63, 3.8) is 0 Å². The maximum Gasteiger partial charge on any atom is 0.256 e. The van der Waals surface area contributed by atoms with E-state index in [-0.39, 0.29) is 16.7 Å². The van der Waals surface area contributed by atoms with Gasteiger partial charge in [-0.2, -0.15) is 4.31 Å². The molecule has 2 heterocycles. The number of hydrogen-bond donors (Lipinski definition) is 1. The van der Waals surface area contributed by atoms with Crippen molar-refractivity contribution in [2.75, 3.05) is 18.4 Å². The molecule has 7 heteroatoms. The predicted octanol–water partition coefficient (Wildman–Crippen LogP) is 4.40. The van der Waals surface area contributed by atoms with E-state index in [9.17, 15) is 13.2 Å². The number of carbonyl (C=O) groups excluding carboxylic acids is 1. The van der Waals surface area contributed by atoms with Gasteiger partial charge in [0.1, 0.15) is 0 Å². The minimum absolute atomic E-state index is 0.191. The summed E-state index contributed by atoms with van der Waals surface area (Å²) in [5.41, 5.74) is 2.73. The van der Waals surface area contributed by atoms with Crippen LogP contribution in [0.25, 0.3) is 10.9 Å². The standard InChI is InChI=1S/C23H25N3O3S/c1-16(2)22-15-20(19-7-3-4-8-21(19)25-22)23(27)24-17-9-11-18(12-10-17)30(28,29)26-13-5-6-14-26/h3-4,7-12,15-16H,5-6,13-14H2,1-2H3,(H,24,27). The lowest BCUT2D eigenvalue weighted by molar-refractivity contribution is 0.102. The van der Waals surface area contributed by atoms with Gasteiger partial charge in [0, 0.05) is 29.9 Å². The summed E-state index contributed by atoms with van der Waals surface area (Å²) in [6.07, 6.45) is 1.79. The first kappa shape index (κ1) is 20.5. The molecule has 1 saturated heterocycles. The number of benzene rings is 2. The van der Waals surface area contributed by atoms with Gasteiger partial charge in [-0.25, -0.2) is 8.42 Å². The Morgan fingerprint density at radius 1 is 1.03 bits per heavy atom. The van der Waals surface area contributed by atoms with Gasteiger partial charge in [0.15, 0.2) is 0 Å². The molecule has 1 aliphatic heterocycles. The summed E-state index contributed by atoms with van der Waals surface area (Å²) in [6.45, 7) is 5.21. The van der Waals surface area contributed by atoms with E-state index in [0.29, 0.717) is 24.3 Å². The highest BCUT2D eigenvalue weighted by atomic mass is 32.2. The number of amides is 1. The van der Waals surface area contributed by atoms with Crippen molar-refractivity contribution in [2.45, 2.75) is 37.5 Å². The summed E-state index contributed by atoms with van der Waals surface area (Å²) in [7, 11) is -3.47. The molecule has 0 atom stereocenters. The minimum atomic E-state index is -3.47. The zero-order valence-corrected chi connectivity index (χ0v) is 17.9. The zero-order chi connectivity index (χ0) is 21.3. The maximum absolute atomic E-state index is 13.0. The number of anilines is 1. The molecule has 4 rings (SSSR count). The van der Waals surface area contributed by atoms with Crippen molar-refractivity contribution in [1.82, 2.24) is 9.29 Å². The van der Waals surface area contributed by atoms with E-state index in [1.54, 1.807) is 24.3 Å². The summed E-state index contributed by atoms with van der Waals surface area (Å²) in [6, 6.07) is 15.8. The van der Waals surface area contributed by atoms with Gasteiger partial charge in [-0.3, -0.25) is 9.78 Å². The molecule has 0 aliphatic carbocycles. The van der Waals surface area contributed by atoms with Crippen LogP contribution in [0.2, 0.25) is 0 Å². The molecule has 6 nitrogen and oxygen atoms in total. The fraction of sp³-hybridized carbons (Fsp3) is 0.304. The summed E-state index contributed by atoms with van der Waals surface area (Å²) in [5, 5.41) is 3.67. The number of sulfonamides is 1. The number of hydrogen-bond acceptors (Lipinski definition) is 4. The second-order valence-electron chi connectivity index (χ2n) is 7.86. The number of aromatic nitrogens is 1. The van der Waals surface area contributed by atoms with Crippen molar-refractivity contribution in [2.24, 2.45) is 0 Å². The molecule has 0 unspecified atom stereocenters. The van der Waals surface area contributed by atoms with E-state index < -0.39 is 10.0 Å². The van der Waals surface area contributed by atoms with Crippen molar-refractivity contribution in [3.05, 3.63) is 65.9 Å². The van der Waals surface area contributed by atoms with Crippen LogP contribution in [0.15, 0.2) is 59.5 Å². The highest BCUT2D eigenvalue weighted by Crippen LogP contribution is 2.25. The van der Waals surface area contributed by atoms with Crippen LogP contribution in [0.4, 0.5) is 5.69 Å². The monoisotopic (exact) mass is 423 g/mol. The first-order valence-electron chi connectivity index (χ1n) is 10.2. The number of para-hydroxylation sites is 1. The van der Waals surface area contributed by atoms with E-state index in [1.165, 1.54) is 4.31 Å². The molecule has 2 aromatic carbocycles. The third-order valence-corrected chi connectivity index (χ3v) is 7.30. The fourth-order valence-electron chi connectivity index (χ4n) is 3.67. The summed E-state index contributed by atoms with van der Waals surface area (Å²) >= 11 is 0. The molecule has 1 amide bonds. The fourth-order valence-corrected chi connectivity index (χ4v) is 5.18. The summed E-state index contributed by atoms with van der Waals surface area (Å²) < 4.78 is 26.8. The molecule has 1 fully saturated rings. The van der Waals surface area contributed by atoms with Crippen LogP contribution in [0.5, 0.6) is 0 Å². The molecule has 156 valence electrons. The second kappa shape index (κ2) is 8.16. The molecular weight excluding hydrogens is 398 g/mol. The van der Waals surface area contributed by atoms with Crippen LogP contribution in [-0.4, -0.2) is 36.7 Å². The third kappa shape index (κ3) is 3.95. The molecule has 30 heavy (non-hydrogen) atoms. The first-order valence-corrected chi connectivity index (χ1v) is 11.6. The van der Waals surface area contributed by atoms with Crippen molar-refractivity contribution in [3.8, 4) is 0 Å². The SMILES string of the molecule is CC(C)c1cc(C(=O)Nc2ccc(S(=O)(=O)N3CCCC3)cc2)c2ccccc2n1. The largest absolute Gasteiger partial charge is 0.322 e. The van der Waals surface area contributed by atoms with Gasteiger partial charge in [0.25, 0.3) is 5.91 Å². The Hall–Kier alpha value is -2.77. The first-order chi connectivity index (χ1) is 14.4. The number of carbonyl (C=O) groups is 1. The average Bonchev–Trinajstić information content (AvgIpc) is 3.29. The number of nitrogens with one attached hydrogen (secondary N) is 1. The van der Waals surface area contributed by atoms with Gasteiger partial charge < -0.3 is 5.32 Å².